The maximum Gasteiger partial charge on any atom is 0.326 e. The van der Waals surface area contributed by atoms with Gasteiger partial charge in [0, 0.05) is 13.6 Å². The van der Waals surface area contributed by atoms with Gasteiger partial charge in [0.1, 0.15) is 6.04 Å². The first-order valence-corrected chi connectivity index (χ1v) is 5.43. The van der Waals surface area contributed by atoms with Gasteiger partial charge in [-0.05, 0) is 13.3 Å². The molecule has 0 unspecified atom stereocenters. The van der Waals surface area contributed by atoms with Gasteiger partial charge in [-0.2, -0.15) is 0 Å². The van der Waals surface area contributed by atoms with Gasteiger partial charge in [-0.25, -0.2) is 9.59 Å². The molecule has 0 aliphatic carbocycles. The Hall–Kier alpha value is -1.79. The number of likely N-dealkylation sites (N-methyl/N-ethyl adjacent to an activating group) is 1. The zero-order valence-electron chi connectivity index (χ0n) is 10.3. The molecule has 0 aromatic heterocycles. The number of urea groups is 1. The zero-order chi connectivity index (χ0) is 13.4. The van der Waals surface area contributed by atoms with Gasteiger partial charge in [0.05, 0.1) is 6.54 Å². The van der Waals surface area contributed by atoms with Gasteiger partial charge >= 0.3 is 12.0 Å². The molecule has 0 rings (SSSR count). The third-order valence-corrected chi connectivity index (χ3v) is 2.31. The van der Waals surface area contributed by atoms with E-state index >= 15 is 0 Å². The summed E-state index contributed by atoms with van der Waals surface area (Å²) in [6.07, 6.45) is 0.283. The Bertz CT molecular complexity index is 293. The van der Waals surface area contributed by atoms with E-state index in [0.717, 1.165) is 0 Å². The highest BCUT2D eigenvalue weighted by Gasteiger charge is 2.17. The second kappa shape index (κ2) is 7.48. The molecule has 0 bridgehead atoms. The summed E-state index contributed by atoms with van der Waals surface area (Å²) in [6, 6.07) is -1.59. The van der Waals surface area contributed by atoms with Crippen molar-refractivity contribution in [1.82, 2.24) is 15.5 Å². The Labute approximate surface area is 100 Å². The van der Waals surface area contributed by atoms with E-state index in [2.05, 4.69) is 10.6 Å². The summed E-state index contributed by atoms with van der Waals surface area (Å²) in [6.45, 7) is 3.87. The fourth-order valence-electron chi connectivity index (χ4n) is 1.01. The minimum absolute atomic E-state index is 0.147. The molecule has 17 heavy (non-hydrogen) atoms. The molecule has 0 aliphatic heterocycles. The summed E-state index contributed by atoms with van der Waals surface area (Å²) in [5.74, 6) is -1.33. The lowest BCUT2D eigenvalue weighted by Gasteiger charge is -2.16. The monoisotopic (exact) mass is 245 g/mol. The molecule has 0 heterocycles. The molecule has 7 heteroatoms. The normalized spacial score (nSPS) is 11.5. The van der Waals surface area contributed by atoms with Crippen LogP contribution in [0.3, 0.4) is 0 Å². The molecule has 98 valence electrons. The first-order chi connectivity index (χ1) is 7.92. The van der Waals surface area contributed by atoms with Gasteiger partial charge in [0.2, 0.25) is 5.91 Å². The molecule has 7 nitrogen and oxygen atoms in total. The Morgan fingerprint density at radius 2 is 1.88 bits per heavy atom. The quantitative estimate of drug-likeness (QED) is 0.594. The highest BCUT2D eigenvalue weighted by molar-refractivity contribution is 5.86. The largest absolute Gasteiger partial charge is 0.480 e. The van der Waals surface area contributed by atoms with Crippen molar-refractivity contribution >= 4 is 17.9 Å². The zero-order valence-corrected chi connectivity index (χ0v) is 10.3. The Kier molecular flexibility index (Phi) is 6.69. The van der Waals surface area contributed by atoms with Crippen molar-refractivity contribution in [2.45, 2.75) is 26.3 Å². The molecule has 0 aromatic rings. The summed E-state index contributed by atoms with van der Waals surface area (Å²) in [5, 5.41) is 13.3. The van der Waals surface area contributed by atoms with Gasteiger partial charge in [0.15, 0.2) is 0 Å². The van der Waals surface area contributed by atoms with E-state index in [1.54, 1.807) is 14.0 Å². The van der Waals surface area contributed by atoms with E-state index in [0.29, 0.717) is 6.54 Å². The van der Waals surface area contributed by atoms with Crippen LogP contribution in [0.2, 0.25) is 0 Å². The van der Waals surface area contributed by atoms with Gasteiger partial charge in [-0.3, -0.25) is 4.79 Å². The summed E-state index contributed by atoms with van der Waals surface area (Å²) < 4.78 is 0. The highest BCUT2D eigenvalue weighted by Crippen LogP contribution is 1.90. The number of carbonyl (C=O) groups is 3. The molecule has 0 fully saturated rings. The predicted molar refractivity (Wildman–Crippen MR) is 61.6 cm³/mol. The van der Waals surface area contributed by atoms with Crippen LogP contribution in [-0.4, -0.2) is 54.1 Å². The summed E-state index contributed by atoms with van der Waals surface area (Å²) in [5.41, 5.74) is 0. The molecule has 0 saturated carbocycles. The average Bonchev–Trinajstić information content (AvgIpc) is 2.31. The van der Waals surface area contributed by atoms with E-state index in [4.69, 9.17) is 5.11 Å². The van der Waals surface area contributed by atoms with Crippen molar-refractivity contribution in [2.75, 3.05) is 20.1 Å². The molecular formula is C10H19N3O4. The van der Waals surface area contributed by atoms with E-state index in [1.165, 1.54) is 4.90 Å². The third-order valence-electron chi connectivity index (χ3n) is 2.31. The third kappa shape index (κ3) is 5.74. The maximum atomic E-state index is 11.3. The second-order valence-corrected chi connectivity index (χ2v) is 3.53. The molecule has 0 aliphatic rings. The molecule has 0 spiro atoms. The SMILES string of the molecule is CC[C@@H](NC(=O)NCC(=O)N(C)CC)C(=O)O. The summed E-state index contributed by atoms with van der Waals surface area (Å²) in [4.78, 5) is 34.7. The number of amides is 3. The molecule has 3 N–H and O–H groups in total. The predicted octanol–water partition coefficient (Wildman–Crippen LogP) is -0.373. The number of carboxylic acid groups (broad SMARTS) is 1. The van der Waals surface area contributed by atoms with Crippen molar-refractivity contribution < 1.29 is 19.5 Å². The van der Waals surface area contributed by atoms with E-state index in [9.17, 15) is 14.4 Å². The van der Waals surface area contributed by atoms with Crippen molar-refractivity contribution in [2.24, 2.45) is 0 Å². The highest BCUT2D eigenvalue weighted by atomic mass is 16.4. The van der Waals surface area contributed by atoms with Crippen LogP contribution in [0.5, 0.6) is 0 Å². The number of hydrogen-bond acceptors (Lipinski definition) is 3. The van der Waals surface area contributed by atoms with Crippen LogP contribution >= 0.6 is 0 Å². The van der Waals surface area contributed by atoms with Crippen molar-refractivity contribution in [1.29, 1.82) is 0 Å². The standard InChI is InChI=1S/C10H19N3O4/c1-4-7(9(15)16)12-10(17)11-6-8(14)13(3)5-2/h7H,4-6H2,1-3H3,(H,15,16)(H2,11,12,17)/t7-/m1/s1. The smallest absolute Gasteiger partial charge is 0.326 e. The van der Waals surface area contributed by atoms with Gasteiger partial charge < -0.3 is 20.6 Å². The van der Waals surface area contributed by atoms with E-state index in [-0.39, 0.29) is 18.9 Å². The van der Waals surface area contributed by atoms with Crippen molar-refractivity contribution in [3.8, 4) is 0 Å². The summed E-state index contributed by atoms with van der Waals surface area (Å²) in [7, 11) is 1.62. The first-order valence-electron chi connectivity index (χ1n) is 5.43. The van der Waals surface area contributed by atoms with Crippen LogP contribution < -0.4 is 10.6 Å². The van der Waals surface area contributed by atoms with Crippen LogP contribution in [0, 0.1) is 0 Å². The van der Waals surface area contributed by atoms with Gasteiger partial charge in [0.25, 0.3) is 0 Å². The topological polar surface area (TPSA) is 98.7 Å². The number of hydrogen-bond donors (Lipinski definition) is 3. The first kappa shape index (κ1) is 15.2. The molecular weight excluding hydrogens is 226 g/mol. The lowest BCUT2D eigenvalue weighted by atomic mass is 10.2. The van der Waals surface area contributed by atoms with Crippen LogP contribution in [0.4, 0.5) is 4.79 Å². The molecule has 0 aromatic carbocycles. The van der Waals surface area contributed by atoms with Crippen LogP contribution in [-0.2, 0) is 9.59 Å². The lowest BCUT2D eigenvalue weighted by molar-refractivity contribution is -0.139. The van der Waals surface area contributed by atoms with Gasteiger partial charge in [-0.15, -0.1) is 0 Å². The Morgan fingerprint density at radius 3 is 2.29 bits per heavy atom. The van der Waals surface area contributed by atoms with Crippen molar-refractivity contribution in [3.05, 3.63) is 0 Å². The molecule has 1 atom stereocenters. The number of carboxylic acids is 1. The number of rotatable bonds is 6. The van der Waals surface area contributed by atoms with Crippen LogP contribution in [0.1, 0.15) is 20.3 Å². The second-order valence-electron chi connectivity index (χ2n) is 3.53. The maximum absolute atomic E-state index is 11.3. The Morgan fingerprint density at radius 1 is 1.29 bits per heavy atom. The Balaban J connectivity index is 4.03. The van der Waals surface area contributed by atoms with Gasteiger partial charge in [-0.1, -0.05) is 6.92 Å². The lowest BCUT2D eigenvalue weighted by Crippen LogP contribution is -2.48. The minimum atomic E-state index is -1.10. The van der Waals surface area contributed by atoms with Crippen LogP contribution in [0.15, 0.2) is 0 Å². The molecule has 0 saturated heterocycles. The summed E-state index contributed by atoms with van der Waals surface area (Å²) >= 11 is 0. The van der Waals surface area contributed by atoms with Crippen molar-refractivity contribution in [3.63, 3.8) is 0 Å². The average molecular weight is 245 g/mol. The number of aliphatic carboxylic acids is 1. The number of nitrogens with zero attached hydrogens (tertiary/aromatic N) is 1. The number of nitrogens with one attached hydrogen (secondary N) is 2. The minimum Gasteiger partial charge on any atom is -0.480 e. The van der Waals surface area contributed by atoms with Crippen LogP contribution in [0.25, 0.3) is 0 Å². The molecule has 0 radical (unpaired) electrons. The van der Waals surface area contributed by atoms with E-state index < -0.39 is 18.0 Å². The fourth-order valence-corrected chi connectivity index (χ4v) is 1.01. The molecule has 3 amide bonds. The fraction of sp³-hybridized carbons (Fsp3) is 0.700. The van der Waals surface area contributed by atoms with E-state index in [1.807, 2.05) is 6.92 Å². The number of carbonyl (C=O) groups excluding carboxylic acids is 2.